The first kappa shape index (κ1) is 24.2. The summed E-state index contributed by atoms with van der Waals surface area (Å²) in [6.45, 7) is 4.45. The molecule has 0 aliphatic carbocycles. The SMILES string of the molecule is CCc1ccccc1-c1cc(-c2ccc3c(c2)c2ccccc2n3-c2cccc(-c3ccccc3)c2)ccc1C. The zero-order chi connectivity index (χ0) is 27.1. The van der Waals surface area contributed by atoms with Gasteiger partial charge >= 0.3 is 0 Å². The first-order chi connectivity index (χ1) is 19.7. The largest absolute Gasteiger partial charge is 0.309 e. The van der Waals surface area contributed by atoms with Crippen LogP contribution in [-0.2, 0) is 6.42 Å². The van der Waals surface area contributed by atoms with Crippen LogP contribution in [0.2, 0.25) is 0 Å². The molecule has 0 amide bonds. The number of aryl methyl sites for hydroxylation is 2. The van der Waals surface area contributed by atoms with Gasteiger partial charge in [0.05, 0.1) is 11.0 Å². The molecule has 1 heterocycles. The fraction of sp³-hybridized carbons (Fsp3) is 0.0769. The molecule has 0 unspecified atom stereocenters. The summed E-state index contributed by atoms with van der Waals surface area (Å²) >= 11 is 0. The molecule has 6 aromatic carbocycles. The van der Waals surface area contributed by atoms with E-state index in [-0.39, 0.29) is 0 Å². The van der Waals surface area contributed by atoms with Gasteiger partial charge in [-0.2, -0.15) is 0 Å². The number of hydrogen-bond donors (Lipinski definition) is 0. The molecule has 40 heavy (non-hydrogen) atoms. The monoisotopic (exact) mass is 513 g/mol. The highest BCUT2D eigenvalue weighted by molar-refractivity contribution is 6.10. The van der Waals surface area contributed by atoms with Crippen LogP contribution >= 0.6 is 0 Å². The van der Waals surface area contributed by atoms with Crippen LogP contribution in [0.1, 0.15) is 18.1 Å². The van der Waals surface area contributed by atoms with Crippen molar-refractivity contribution in [2.45, 2.75) is 20.3 Å². The second-order valence-electron chi connectivity index (χ2n) is 10.5. The fourth-order valence-corrected chi connectivity index (χ4v) is 6.07. The second-order valence-corrected chi connectivity index (χ2v) is 10.5. The number of aromatic nitrogens is 1. The maximum absolute atomic E-state index is 2.40. The van der Waals surface area contributed by atoms with E-state index in [1.807, 2.05) is 0 Å². The zero-order valence-corrected chi connectivity index (χ0v) is 22.9. The molecule has 0 atom stereocenters. The van der Waals surface area contributed by atoms with Gasteiger partial charge < -0.3 is 4.57 Å². The highest BCUT2D eigenvalue weighted by atomic mass is 15.0. The number of nitrogens with zero attached hydrogens (tertiary/aromatic N) is 1. The van der Waals surface area contributed by atoms with Crippen molar-refractivity contribution in [3.05, 3.63) is 151 Å². The van der Waals surface area contributed by atoms with Crippen LogP contribution in [0.25, 0.3) is 60.9 Å². The summed E-state index contributed by atoms with van der Waals surface area (Å²) in [6.07, 6.45) is 1.02. The topological polar surface area (TPSA) is 4.93 Å². The Labute approximate surface area is 236 Å². The Balaban J connectivity index is 1.39. The Kier molecular flexibility index (Phi) is 6.06. The molecule has 1 nitrogen and oxygen atoms in total. The Hall–Kier alpha value is -4.88. The molecule has 192 valence electrons. The Morgan fingerprint density at radius 2 is 1.15 bits per heavy atom. The maximum Gasteiger partial charge on any atom is 0.0541 e. The van der Waals surface area contributed by atoms with Crippen molar-refractivity contribution >= 4 is 21.8 Å². The van der Waals surface area contributed by atoms with Crippen LogP contribution in [0.15, 0.2) is 140 Å². The van der Waals surface area contributed by atoms with Gasteiger partial charge in [0, 0.05) is 16.5 Å². The predicted octanol–water partition coefficient (Wildman–Crippen LogP) is 10.7. The molecule has 0 aliphatic heterocycles. The Morgan fingerprint density at radius 3 is 2.02 bits per heavy atom. The number of para-hydroxylation sites is 1. The molecule has 0 fully saturated rings. The van der Waals surface area contributed by atoms with Gasteiger partial charge in [-0.25, -0.2) is 0 Å². The molecular weight excluding hydrogens is 482 g/mol. The lowest BCUT2D eigenvalue weighted by Gasteiger charge is -2.13. The van der Waals surface area contributed by atoms with Gasteiger partial charge in [-0.1, -0.05) is 110 Å². The van der Waals surface area contributed by atoms with Crippen molar-refractivity contribution in [2.75, 3.05) is 0 Å². The maximum atomic E-state index is 2.40. The van der Waals surface area contributed by atoms with Crippen LogP contribution in [-0.4, -0.2) is 4.57 Å². The molecule has 0 radical (unpaired) electrons. The molecule has 7 rings (SSSR count). The third-order valence-corrected chi connectivity index (χ3v) is 8.14. The molecule has 0 aliphatic rings. The van der Waals surface area contributed by atoms with Crippen molar-refractivity contribution < 1.29 is 0 Å². The predicted molar refractivity (Wildman–Crippen MR) is 171 cm³/mol. The third-order valence-electron chi connectivity index (χ3n) is 8.14. The van der Waals surface area contributed by atoms with E-state index in [9.17, 15) is 0 Å². The van der Waals surface area contributed by atoms with Crippen molar-refractivity contribution in [1.82, 2.24) is 4.57 Å². The first-order valence-corrected chi connectivity index (χ1v) is 14.1. The van der Waals surface area contributed by atoms with E-state index in [4.69, 9.17) is 0 Å². The van der Waals surface area contributed by atoms with Gasteiger partial charge in [0.1, 0.15) is 0 Å². The fourth-order valence-electron chi connectivity index (χ4n) is 6.07. The lowest BCUT2D eigenvalue weighted by atomic mass is 9.91. The van der Waals surface area contributed by atoms with Crippen LogP contribution in [0, 0.1) is 6.92 Å². The minimum absolute atomic E-state index is 1.02. The van der Waals surface area contributed by atoms with E-state index in [1.165, 1.54) is 72.0 Å². The minimum atomic E-state index is 1.02. The number of rotatable bonds is 5. The summed E-state index contributed by atoms with van der Waals surface area (Å²) in [5, 5.41) is 2.54. The van der Waals surface area contributed by atoms with Crippen molar-refractivity contribution in [2.24, 2.45) is 0 Å². The molecule has 0 N–H and O–H groups in total. The normalized spacial score (nSPS) is 11.3. The Morgan fingerprint density at radius 1 is 0.475 bits per heavy atom. The van der Waals surface area contributed by atoms with E-state index in [0.717, 1.165) is 6.42 Å². The Bertz CT molecular complexity index is 1990. The molecular formula is C39H31N. The van der Waals surface area contributed by atoms with Gasteiger partial charge in [-0.05, 0) is 94.3 Å². The molecule has 0 bridgehead atoms. The molecule has 1 heteroatoms. The number of hydrogen-bond acceptors (Lipinski definition) is 0. The first-order valence-electron chi connectivity index (χ1n) is 14.1. The van der Waals surface area contributed by atoms with Crippen molar-refractivity contribution in [3.8, 4) is 39.1 Å². The van der Waals surface area contributed by atoms with Gasteiger partial charge in [0.15, 0.2) is 0 Å². The summed E-state index contributed by atoms with van der Waals surface area (Å²) in [5.41, 5.74) is 13.9. The third kappa shape index (κ3) is 4.12. The molecule has 0 saturated heterocycles. The minimum Gasteiger partial charge on any atom is -0.309 e. The van der Waals surface area contributed by atoms with Crippen molar-refractivity contribution in [3.63, 3.8) is 0 Å². The highest BCUT2D eigenvalue weighted by Crippen LogP contribution is 2.37. The summed E-state index contributed by atoms with van der Waals surface area (Å²) in [6, 6.07) is 50.8. The highest BCUT2D eigenvalue weighted by Gasteiger charge is 2.15. The van der Waals surface area contributed by atoms with Gasteiger partial charge in [0.25, 0.3) is 0 Å². The van der Waals surface area contributed by atoms with Gasteiger partial charge in [0.2, 0.25) is 0 Å². The number of benzene rings is 6. The van der Waals surface area contributed by atoms with E-state index in [0.29, 0.717) is 0 Å². The van der Waals surface area contributed by atoms with Crippen LogP contribution in [0.5, 0.6) is 0 Å². The summed E-state index contributed by atoms with van der Waals surface area (Å²) < 4.78 is 2.40. The molecule has 7 aromatic rings. The summed E-state index contributed by atoms with van der Waals surface area (Å²) in [7, 11) is 0. The zero-order valence-electron chi connectivity index (χ0n) is 22.9. The van der Waals surface area contributed by atoms with Gasteiger partial charge in [-0.15, -0.1) is 0 Å². The quantitative estimate of drug-likeness (QED) is 0.216. The summed E-state index contributed by atoms with van der Waals surface area (Å²) in [5.74, 6) is 0. The van der Waals surface area contributed by atoms with E-state index >= 15 is 0 Å². The van der Waals surface area contributed by atoms with Crippen LogP contribution in [0.4, 0.5) is 0 Å². The lowest BCUT2D eigenvalue weighted by molar-refractivity contribution is 1.14. The van der Waals surface area contributed by atoms with Crippen molar-refractivity contribution in [1.29, 1.82) is 0 Å². The average molecular weight is 514 g/mol. The number of fused-ring (bicyclic) bond motifs is 3. The van der Waals surface area contributed by atoms with E-state index in [1.54, 1.807) is 0 Å². The summed E-state index contributed by atoms with van der Waals surface area (Å²) in [4.78, 5) is 0. The standard InChI is InChI=1S/C39H31N/c1-3-28-12-7-8-17-34(28)36-25-31(21-20-27(36)2)32-22-23-39-37(26-32)35-18-9-10-19-38(35)40(39)33-16-11-15-30(24-33)29-13-5-4-6-14-29/h4-26H,3H2,1-2H3. The lowest BCUT2D eigenvalue weighted by Crippen LogP contribution is -1.94. The van der Waals surface area contributed by atoms with E-state index < -0.39 is 0 Å². The van der Waals surface area contributed by atoms with Crippen LogP contribution in [0.3, 0.4) is 0 Å². The molecule has 1 aromatic heterocycles. The van der Waals surface area contributed by atoms with Gasteiger partial charge in [-0.3, -0.25) is 0 Å². The average Bonchev–Trinajstić information content (AvgIpc) is 3.35. The van der Waals surface area contributed by atoms with E-state index in [2.05, 4.69) is 158 Å². The second kappa shape index (κ2) is 10.0. The van der Waals surface area contributed by atoms with Crippen LogP contribution < -0.4 is 0 Å². The molecule has 0 saturated carbocycles. The molecule has 0 spiro atoms. The smallest absolute Gasteiger partial charge is 0.0541 e.